The third-order valence-corrected chi connectivity index (χ3v) is 7.83. The molecule has 6 rings (SSSR count). The number of pyridine rings is 1. The molecule has 4 fully saturated rings. The Bertz CT molecular complexity index is 1120. The van der Waals surface area contributed by atoms with Crippen LogP contribution in [0.5, 0.6) is 0 Å². The van der Waals surface area contributed by atoms with Gasteiger partial charge in [-0.25, -0.2) is 4.98 Å². The maximum absolute atomic E-state index is 13.4. The Balaban J connectivity index is 1.30. The van der Waals surface area contributed by atoms with Crippen molar-refractivity contribution in [1.29, 1.82) is 0 Å². The van der Waals surface area contributed by atoms with E-state index in [2.05, 4.69) is 15.6 Å². The molecule has 1 aromatic heterocycles. The molecule has 4 saturated carbocycles. The van der Waals surface area contributed by atoms with Crippen LogP contribution in [0, 0.1) is 24.2 Å². The second kappa shape index (κ2) is 8.24. The molecule has 172 valence electrons. The maximum Gasteiger partial charge on any atom is 0.270 e. The van der Waals surface area contributed by atoms with E-state index in [4.69, 9.17) is 11.6 Å². The third kappa shape index (κ3) is 4.29. The number of rotatable bonds is 6. The predicted molar refractivity (Wildman–Crippen MR) is 125 cm³/mol. The van der Waals surface area contributed by atoms with Gasteiger partial charge in [0.05, 0.1) is 12.0 Å². The van der Waals surface area contributed by atoms with Crippen LogP contribution < -0.4 is 10.6 Å². The van der Waals surface area contributed by atoms with Gasteiger partial charge >= 0.3 is 0 Å². The highest BCUT2D eigenvalue weighted by Gasteiger charge is 2.61. The number of nitrogens with zero attached hydrogens (tertiary/aromatic N) is 1. The molecule has 33 heavy (non-hydrogen) atoms. The predicted octanol–water partition coefficient (Wildman–Crippen LogP) is 4.11. The van der Waals surface area contributed by atoms with E-state index in [-0.39, 0.29) is 29.7 Å². The number of carbonyl (C=O) groups is 3. The number of carbonyl (C=O) groups excluding carboxylic acids is 3. The zero-order valence-electron chi connectivity index (χ0n) is 18.7. The van der Waals surface area contributed by atoms with Crippen molar-refractivity contribution in [3.05, 3.63) is 64.4 Å². The van der Waals surface area contributed by atoms with Crippen LogP contribution in [-0.4, -0.2) is 34.7 Å². The summed E-state index contributed by atoms with van der Waals surface area (Å²) in [5.41, 5.74) is 0.778. The van der Waals surface area contributed by atoms with Crippen molar-refractivity contribution in [1.82, 2.24) is 15.6 Å². The summed E-state index contributed by atoms with van der Waals surface area (Å²) >= 11 is 5.99. The van der Waals surface area contributed by atoms with Crippen LogP contribution in [0.3, 0.4) is 0 Å². The van der Waals surface area contributed by atoms with Gasteiger partial charge in [-0.3, -0.25) is 14.4 Å². The highest BCUT2D eigenvalue weighted by atomic mass is 35.5. The van der Waals surface area contributed by atoms with Gasteiger partial charge in [-0.1, -0.05) is 29.8 Å². The molecular formula is C26H28ClN3O3. The van der Waals surface area contributed by atoms with E-state index in [0.717, 1.165) is 37.8 Å². The summed E-state index contributed by atoms with van der Waals surface area (Å²) in [7, 11) is 0. The summed E-state index contributed by atoms with van der Waals surface area (Å²) < 4.78 is 0. The second-order valence-corrected chi connectivity index (χ2v) is 10.7. The number of amides is 2. The zero-order valence-corrected chi connectivity index (χ0v) is 19.5. The number of aryl methyl sites for hydroxylation is 1. The maximum atomic E-state index is 13.4. The van der Waals surface area contributed by atoms with Crippen molar-refractivity contribution in [2.24, 2.45) is 17.3 Å². The topological polar surface area (TPSA) is 88.2 Å². The molecule has 1 heterocycles. The third-order valence-electron chi connectivity index (χ3n) is 7.60. The van der Waals surface area contributed by atoms with Crippen LogP contribution >= 0.6 is 11.6 Å². The lowest BCUT2D eigenvalue weighted by Gasteiger charge is -2.61. The SMILES string of the molecule is Cc1cccc(C(=O)NC23CC4CC(C2)CC(C(=O)NCC(=O)c2cccc(Cl)c2)(C4)C3)n1. The van der Waals surface area contributed by atoms with Gasteiger partial charge < -0.3 is 10.6 Å². The summed E-state index contributed by atoms with van der Waals surface area (Å²) in [5.74, 6) is 0.411. The smallest absolute Gasteiger partial charge is 0.270 e. The number of benzene rings is 1. The molecule has 7 heteroatoms. The van der Waals surface area contributed by atoms with E-state index in [9.17, 15) is 14.4 Å². The lowest BCUT2D eigenvalue weighted by Crippen LogP contribution is -2.66. The Kier molecular flexibility index (Phi) is 5.52. The normalized spacial score (nSPS) is 29.5. The van der Waals surface area contributed by atoms with Crippen LogP contribution in [0.4, 0.5) is 0 Å². The van der Waals surface area contributed by atoms with Crippen molar-refractivity contribution in [2.45, 2.75) is 51.0 Å². The number of Topliss-reactive ketones (excluding diaryl/α,β-unsaturated/α-hetero) is 1. The summed E-state index contributed by atoms with van der Waals surface area (Å²) in [6, 6.07) is 12.2. The second-order valence-electron chi connectivity index (χ2n) is 10.3. The highest BCUT2D eigenvalue weighted by Crippen LogP contribution is 2.61. The first kappa shape index (κ1) is 22.1. The van der Waals surface area contributed by atoms with E-state index in [1.165, 1.54) is 0 Å². The van der Waals surface area contributed by atoms with Crippen LogP contribution in [-0.2, 0) is 4.79 Å². The van der Waals surface area contributed by atoms with Crippen LogP contribution in [0.2, 0.25) is 5.02 Å². The molecule has 2 N–H and O–H groups in total. The first-order chi connectivity index (χ1) is 15.8. The number of hydrogen-bond acceptors (Lipinski definition) is 4. The van der Waals surface area contributed by atoms with Gasteiger partial charge in [0, 0.05) is 21.8 Å². The fraction of sp³-hybridized carbons (Fsp3) is 0.462. The zero-order chi connectivity index (χ0) is 23.2. The first-order valence-corrected chi connectivity index (χ1v) is 12.0. The molecule has 2 aromatic rings. The molecule has 4 aliphatic rings. The van der Waals surface area contributed by atoms with Crippen molar-refractivity contribution >= 4 is 29.2 Å². The van der Waals surface area contributed by atoms with E-state index < -0.39 is 5.41 Å². The number of nitrogens with one attached hydrogen (secondary N) is 2. The minimum atomic E-state index is -0.536. The molecule has 4 bridgehead atoms. The Morgan fingerprint density at radius 1 is 1.06 bits per heavy atom. The Morgan fingerprint density at radius 2 is 1.79 bits per heavy atom. The van der Waals surface area contributed by atoms with Gasteiger partial charge in [0.15, 0.2) is 5.78 Å². The largest absolute Gasteiger partial charge is 0.348 e. The minimum Gasteiger partial charge on any atom is -0.348 e. The molecule has 0 radical (unpaired) electrons. The van der Waals surface area contributed by atoms with Crippen LogP contribution in [0.1, 0.15) is 65.1 Å². The highest BCUT2D eigenvalue weighted by molar-refractivity contribution is 6.31. The van der Waals surface area contributed by atoms with Gasteiger partial charge in [-0.05, 0) is 81.5 Å². The standard InChI is InChI=1S/C26H28ClN3O3/c1-16-4-2-7-21(29-16)23(32)30-26-12-17-8-18(13-26)11-25(10-17,15-26)24(33)28-14-22(31)19-5-3-6-20(27)9-19/h2-7,9,17-18H,8,10-15H2,1H3,(H,28,33)(H,30,32). The fourth-order valence-electron chi connectivity index (χ4n) is 6.76. The van der Waals surface area contributed by atoms with E-state index in [1.807, 2.05) is 19.1 Å². The van der Waals surface area contributed by atoms with Gasteiger partial charge in [0.2, 0.25) is 5.91 Å². The van der Waals surface area contributed by atoms with E-state index in [1.54, 1.807) is 30.3 Å². The summed E-state index contributed by atoms with van der Waals surface area (Å²) in [4.78, 5) is 43.4. The summed E-state index contributed by atoms with van der Waals surface area (Å²) in [6.45, 7) is 1.81. The average Bonchev–Trinajstić information content (AvgIpc) is 2.76. The lowest BCUT2D eigenvalue weighted by molar-refractivity contribution is -0.149. The van der Waals surface area contributed by atoms with Crippen LogP contribution in [0.25, 0.3) is 0 Å². The Morgan fingerprint density at radius 3 is 2.48 bits per heavy atom. The Labute approximate surface area is 198 Å². The van der Waals surface area contributed by atoms with Crippen molar-refractivity contribution in [2.75, 3.05) is 6.54 Å². The van der Waals surface area contributed by atoms with Gasteiger partial charge in [0.1, 0.15) is 5.69 Å². The van der Waals surface area contributed by atoms with Gasteiger partial charge in [-0.15, -0.1) is 0 Å². The number of hydrogen-bond donors (Lipinski definition) is 2. The van der Waals surface area contributed by atoms with Gasteiger partial charge in [-0.2, -0.15) is 0 Å². The average molecular weight is 466 g/mol. The molecule has 4 aliphatic carbocycles. The molecule has 0 aliphatic heterocycles. The molecule has 2 amide bonds. The molecule has 2 atom stereocenters. The van der Waals surface area contributed by atoms with Crippen LogP contribution in [0.15, 0.2) is 42.5 Å². The molecule has 0 spiro atoms. The molecular weight excluding hydrogens is 438 g/mol. The van der Waals surface area contributed by atoms with E-state index in [0.29, 0.717) is 34.5 Å². The molecule has 2 unspecified atom stereocenters. The number of halogens is 1. The number of ketones is 1. The monoisotopic (exact) mass is 465 g/mol. The van der Waals surface area contributed by atoms with Crippen molar-refractivity contribution in [3.8, 4) is 0 Å². The molecule has 1 aromatic carbocycles. The van der Waals surface area contributed by atoms with Gasteiger partial charge in [0.25, 0.3) is 5.91 Å². The summed E-state index contributed by atoms with van der Waals surface area (Å²) in [5, 5.41) is 6.69. The quantitative estimate of drug-likeness (QED) is 0.628. The minimum absolute atomic E-state index is 0.0527. The van der Waals surface area contributed by atoms with E-state index >= 15 is 0 Å². The van der Waals surface area contributed by atoms with Crippen molar-refractivity contribution in [3.63, 3.8) is 0 Å². The fourth-order valence-corrected chi connectivity index (χ4v) is 6.95. The molecule has 0 saturated heterocycles. The lowest BCUT2D eigenvalue weighted by atomic mass is 9.46. The van der Waals surface area contributed by atoms with Crippen molar-refractivity contribution < 1.29 is 14.4 Å². The molecule has 6 nitrogen and oxygen atoms in total. The number of aromatic nitrogens is 1. The first-order valence-electron chi connectivity index (χ1n) is 11.6. The Hall–Kier alpha value is -2.73. The summed E-state index contributed by atoms with van der Waals surface area (Å²) in [6.07, 6.45) is 5.16.